The molecule has 6 heteroatoms. The van der Waals surface area contributed by atoms with Crippen LogP contribution in [0, 0.1) is 0 Å². The summed E-state index contributed by atoms with van der Waals surface area (Å²) < 4.78 is 8.72. The smallest absolute Gasteiger partial charge is 0.236 e. The lowest BCUT2D eigenvalue weighted by Crippen LogP contribution is -2.02. The van der Waals surface area contributed by atoms with Gasteiger partial charge < -0.3 is 0 Å². The number of thiophene rings is 3. The first-order valence-corrected chi connectivity index (χ1v) is 17.7. The first kappa shape index (κ1) is 25.1. The van der Waals surface area contributed by atoms with Crippen molar-refractivity contribution in [3.05, 3.63) is 127 Å². The lowest BCUT2D eigenvalue weighted by atomic mass is 10.0. The van der Waals surface area contributed by atoms with Crippen LogP contribution in [0.2, 0.25) is 0 Å². The van der Waals surface area contributed by atoms with Gasteiger partial charge in [0.25, 0.3) is 0 Å². The summed E-state index contributed by atoms with van der Waals surface area (Å²) in [5.41, 5.74) is 4.34. The van der Waals surface area contributed by atoms with Gasteiger partial charge in [-0.2, -0.15) is 0 Å². The second-order valence-electron chi connectivity index (χ2n) is 11.7. The molecule has 0 bridgehead atoms. The minimum absolute atomic E-state index is 0.705. The third-order valence-electron chi connectivity index (χ3n) is 9.26. The molecule has 0 atom stereocenters. The van der Waals surface area contributed by atoms with Gasteiger partial charge >= 0.3 is 0 Å². The Balaban J connectivity index is 1.27. The molecular weight excluding hydrogens is 619 g/mol. The summed E-state index contributed by atoms with van der Waals surface area (Å²) in [5.74, 6) is 0.705. The molecule has 46 heavy (non-hydrogen) atoms. The highest BCUT2D eigenvalue weighted by atomic mass is 32.1. The molecule has 0 aliphatic heterocycles. The van der Waals surface area contributed by atoms with Gasteiger partial charge in [-0.3, -0.25) is 4.57 Å². The van der Waals surface area contributed by atoms with Gasteiger partial charge in [0, 0.05) is 72.2 Å². The van der Waals surface area contributed by atoms with Crippen molar-refractivity contribution in [1.29, 1.82) is 0 Å². The number of rotatable bonds is 2. The number of benzene rings is 6. The van der Waals surface area contributed by atoms with Crippen LogP contribution in [0.25, 0.3) is 99.7 Å². The van der Waals surface area contributed by atoms with Crippen molar-refractivity contribution in [2.75, 3.05) is 0 Å². The van der Waals surface area contributed by atoms with Gasteiger partial charge in [-0.25, -0.2) is 9.97 Å². The van der Waals surface area contributed by atoms with Crippen LogP contribution in [0.4, 0.5) is 0 Å². The lowest BCUT2D eigenvalue weighted by molar-refractivity contribution is 1.02. The van der Waals surface area contributed by atoms with Gasteiger partial charge in [-0.1, -0.05) is 84.9 Å². The normalized spacial score (nSPS) is 12.3. The second-order valence-corrected chi connectivity index (χ2v) is 14.9. The Hall–Kier alpha value is -5.14. The summed E-state index contributed by atoms with van der Waals surface area (Å²) >= 11 is 5.46. The first-order valence-electron chi connectivity index (χ1n) is 15.2. The number of hydrogen-bond acceptors (Lipinski definition) is 5. The molecule has 0 aliphatic rings. The van der Waals surface area contributed by atoms with E-state index < -0.39 is 0 Å². The van der Waals surface area contributed by atoms with E-state index in [0.29, 0.717) is 5.95 Å². The van der Waals surface area contributed by atoms with E-state index in [4.69, 9.17) is 9.97 Å². The molecule has 11 rings (SSSR count). The van der Waals surface area contributed by atoms with E-state index >= 15 is 0 Å². The molecule has 0 aliphatic carbocycles. The Kier molecular flexibility index (Phi) is 5.02. The monoisotopic (exact) mass is 639 g/mol. The number of para-hydroxylation sites is 1. The molecule has 0 saturated heterocycles. The van der Waals surface area contributed by atoms with E-state index in [1.165, 1.54) is 61.2 Å². The van der Waals surface area contributed by atoms with Crippen LogP contribution >= 0.6 is 34.0 Å². The third kappa shape index (κ3) is 3.35. The molecule has 5 aromatic heterocycles. The van der Waals surface area contributed by atoms with E-state index in [9.17, 15) is 0 Å². The zero-order chi connectivity index (χ0) is 29.9. The fraction of sp³-hybridized carbons (Fsp3) is 0. The average molecular weight is 640 g/mol. The van der Waals surface area contributed by atoms with E-state index in [1.807, 2.05) is 22.7 Å². The van der Waals surface area contributed by atoms with Crippen molar-refractivity contribution < 1.29 is 0 Å². The molecule has 0 N–H and O–H groups in total. The standard InChI is InChI=1S/C40H21N3S3/c1-5-13-29-26(11-1)35-30(19-18-25-23-9-2-7-15-32(23)45-38(25)35)43(29)40-41-37(36-27-12-4-8-16-33(27)46-39(36)42-40)22-17-20-34-28(21-22)24-10-3-6-14-31(24)44-34/h1-21H. The average Bonchev–Trinajstić information content (AvgIpc) is 3.85. The maximum absolute atomic E-state index is 5.50. The molecule has 0 fully saturated rings. The predicted octanol–water partition coefficient (Wildman–Crippen LogP) is 12.3. The Morgan fingerprint density at radius 1 is 0.435 bits per heavy atom. The molecule has 0 unspecified atom stereocenters. The van der Waals surface area contributed by atoms with Crippen molar-refractivity contribution in [1.82, 2.24) is 14.5 Å². The quantitative estimate of drug-likeness (QED) is 0.188. The van der Waals surface area contributed by atoms with Gasteiger partial charge in [0.1, 0.15) is 4.83 Å². The van der Waals surface area contributed by atoms with Crippen molar-refractivity contribution in [3.8, 4) is 17.2 Å². The minimum atomic E-state index is 0.705. The second kappa shape index (κ2) is 9.21. The largest absolute Gasteiger partial charge is 0.278 e. The first-order chi connectivity index (χ1) is 22.8. The zero-order valence-corrected chi connectivity index (χ0v) is 26.6. The van der Waals surface area contributed by atoms with E-state index in [0.717, 1.165) is 32.5 Å². The van der Waals surface area contributed by atoms with Gasteiger partial charge in [0.05, 0.1) is 16.7 Å². The molecule has 6 aromatic carbocycles. The highest BCUT2D eigenvalue weighted by Gasteiger charge is 2.22. The van der Waals surface area contributed by atoms with Gasteiger partial charge in [0.15, 0.2) is 0 Å². The topological polar surface area (TPSA) is 30.7 Å². The van der Waals surface area contributed by atoms with Crippen molar-refractivity contribution in [2.45, 2.75) is 0 Å². The summed E-state index contributed by atoms with van der Waals surface area (Å²) in [4.78, 5) is 11.8. The third-order valence-corrected chi connectivity index (χ3v) is 12.7. The van der Waals surface area contributed by atoms with Crippen LogP contribution in [0.1, 0.15) is 0 Å². The predicted molar refractivity (Wildman–Crippen MR) is 200 cm³/mol. The van der Waals surface area contributed by atoms with E-state index in [-0.39, 0.29) is 0 Å². The zero-order valence-electron chi connectivity index (χ0n) is 24.2. The van der Waals surface area contributed by atoms with E-state index in [2.05, 4.69) is 132 Å². The molecule has 0 spiro atoms. The molecule has 0 radical (unpaired) electrons. The van der Waals surface area contributed by atoms with Crippen LogP contribution < -0.4 is 0 Å². The maximum atomic E-state index is 5.50. The Morgan fingerprint density at radius 2 is 1.09 bits per heavy atom. The maximum Gasteiger partial charge on any atom is 0.236 e. The number of aromatic nitrogens is 3. The highest BCUT2D eigenvalue weighted by Crippen LogP contribution is 2.45. The summed E-state index contributed by atoms with van der Waals surface area (Å²) in [6, 6.07) is 46.1. The van der Waals surface area contributed by atoms with Gasteiger partial charge in [0.2, 0.25) is 5.95 Å². The number of fused-ring (bicyclic) bond motifs is 13. The molecule has 3 nitrogen and oxygen atoms in total. The molecule has 11 aromatic rings. The van der Waals surface area contributed by atoms with Crippen LogP contribution in [-0.4, -0.2) is 14.5 Å². The summed E-state index contributed by atoms with van der Waals surface area (Å²) in [7, 11) is 0. The van der Waals surface area contributed by atoms with Crippen LogP contribution in [0.5, 0.6) is 0 Å². The lowest BCUT2D eigenvalue weighted by Gasteiger charge is -2.10. The Morgan fingerprint density at radius 3 is 1.91 bits per heavy atom. The molecule has 5 heterocycles. The van der Waals surface area contributed by atoms with Crippen molar-refractivity contribution >= 4 is 116 Å². The number of nitrogens with zero attached hydrogens (tertiary/aromatic N) is 3. The molecule has 0 saturated carbocycles. The fourth-order valence-corrected chi connectivity index (χ4v) is 10.7. The van der Waals surface area contributed by atoms with Crippen molar-refractivity contribution in [3.63, 3.8) is 0 Å². The number of hydrogen-bond donors (Lipinski definition) is 0. The van der Waals surface area contributed by atoms with E-state index in [1.54, 1.807) is 11.3 Å². The Bertz CT molecular complexity index is 3050. The minimum Gasteiger partial charge on any atom is -0.278 e. The van der Waals surface area contributed by atoms with Crippen LogP contribution in [0.3, 0.4) is 0 Å². The molecular formula is C40H21N3S3. The van der Waals surface area contributed by atoms with Crippen molar-refractivity contribution in [2.24, 2.45) is 0 Å². The molecule has 214 valence electrons. The highest BCUT2D eigenvalue weighted by molar-refractivity contribution is 7.27. The molecule has 0 amide bonds. The van der Waals surface area contributed by atoms with Crippen LogP contribution in [-0.2, 0) is 0 Å². The summed E-state index contributed by atoms with van der Waals surface area (Å²) in [6.45, 7) is 0. The Labute approximate surface area is 274 Å². The summed E-state index contributed by atoms with van der Waals surface area (Å²) in [5, 5.41) is 9.99. The van der Waals surface area contributed by atoms with Crippen LogP contribution in [0.15, 0.2) is 127 Å². The van der Waals surface area contributed by atoms with Gasteiger partial charge in [-0.05, 0) is 42.5 Å². The summed E-state index contributed by atoms with van der Waals surface area (Å²) in [6.07, 6.45) is 0. The fourth-order valence-electron chi connectivity index (χ4n) is 7.24. The SMILES string of the molecule is c1ccc2c(c1)sc1ccc(-c3nc(-n4c5ccccc5c5c6sc7ccccc7c6ccc54)nc4sc5ccccc5c34)cc12. The van der Waals surface area contributed by atoms with Gasteiger partial charge in [-0.15, -0.1) is 34.0 Å².